The van der Waals surface area contributed by atoms with Crippen LogP contribution in [0.3, 0.4) is 0 Å². The largest absolute Gasteiger partial charge is 0.386 e. The molecule has 0 aliphatic carbocycles. The number of rotatable bonds is 5. The number of hydrogen-bond acceptors (Lipinski definition) is 8. The molecule has 1 amide bonds. The molecule has 5 rings (SSSR count). The molecule has 4 aromatic rings. The number of carbonyl (C=O) groups excluding carboxylic acids is 1. The number of carbonyl (C=O) groups is 1. The summed E-state index contributed by atoms with van der Waals surface area (Å²) in [6.45, 7) is 5.24. The van der Waals surface area contributed by atoms with Crippen molar-refractivity contribution in [3.05, 3.63) is 79.6 Å². The van der Waals surface area contributed by atoms with Gasteiger partial charge in [-0.2, -0.15) is 0 Å². The lowest BCUT2D eigenvalue weighted by Gasteiger charge is -2.17. The van der Waals surface area contributed by atoms with Crippen molar-refractivity contribution < 1.29 is 14.7 Å². The van der Waals surface area contributed by atoms with Gasteiger partial charge in [0.2, 0.25) is 0 Å². The highest BCUT2D eigenvalue weighted by Gasteiger charge is 2.38. The van der Waals surface area contributed by atoms with Gasteiger partial charge in [0.15, 0.2) is 5.82 Å². The van der Waals surface area contributed by atoms with Crippen LogP contribution in [0.1, 0.15) is 47.6 Å². The van der Waals surface area contributed by atoms with Crippen LogP contribution in [0.25, 0.3) is 21.6 Å². The average Bonchev–Trinajstić information content (AvgIpc) is 3.42. The minimum absolute atomic E-state index is 0.0292. The van der Waals surface area contributed by atoms with Crippen molar-refractivity contribution in [1.82, 2.24) is 24.2 Å². The van der Waals surface area contributed by atoms with Gasteiger partial charge in [-0.15, -0.1) is 11.3 Å². The molecule has 0 saturated carbocycles. The van der Waals surface area contributed by atoms with E-state index in [0.29, 0.717) is 22.0 Å². The van der Waals surface area contributed by atoms with Gasteiger partial charge in [0.1, 0.15) is 17.0 Å². The van der Waals surface area contributed by atoms with Crippen LogP contribution in [0.5, 0.6) is 0 Å². The van der Waals surface area contributed by atoms with Crippen LogP contribution in [-0.4, -0.2) is 53.9 Å². The maximum atomic E-state index is 13.7. The summed E-state index contributed by atoms with van der Waals surface area (Å²) in [5.74, 6) is 0.0915. The molecule has 1 saturated heterocycles. The van der Waals surface area contributed by atoms with Crippen molar-refractivity contribution >= 4 is 27.5 Å². The number of thiophene rings is 1. The van der Waals surface area contributed by atoms with Gasteiger partial charge in [-0.05, 0) is 32.4 Å². The molecule has 0 spiro atoms. The van der Waals surface area contributed by atoms with Crippen LogP contribution in [0.2, 0.25) is 0 Å². The summed E-state index contributed by atoms with van der Waals surface area (Å²) >= 11 is 1.26. The van der Waals surface area contributed by atoms with E-state index in [0.717, 1.165) is 20.8 Å². The van der Waals surface area contributed by atoms with Crippen molar-refractivity contribution in [2.45, 2.75) is 38.8 Å². The fourth-order valence-electron chi connectivity index (χ4n) is 4.42. The van der Waals surface area contributed by atoms with Gasteiger partial charge < -0.3 is 5.11 Å². The van der Waals surface area contributed by atoms with E-state index in [1.54, 1.807) is 30.0 Å². The molecule has 1 N–H and O–H groups in total. The van der Waals surface area contributed by atoms with E-state index < -0.39 is 22.8 Å². The Kier molecular flexibility index (Phi) is 6.30. The molecule has 1 aliphatic rings. The fourth-order valence-corrected chi connectivity index (χ4v) is 5.86. The normalized spacial score (nSPS) is 17.7. The Hall–Kier alpha value is -3.67. The molecule has 10 nitrogen and oxygen atoms in total. The number of aromatic nitrogens is 4. The first-order chi connectivity index (χ1) is 17.6. The number of amides is 1. The van der Waals surface area contributed by atoms with Crippen molar-refractivity contribution in [3.8, 4) is 11.4 Å². The first-order valence-corrected chi connectivity index (χ1v) is 12.7. The topological polar surface area (TPSA) is 120 Å². The summed E-state index contributed by atoms with van der Waals surface area (Å²) < 4.78 is 2.57. The number of aliphatic hydroxyl groups is 1. The van der Waals surface area contributed by atoms with Gasteiger partial charge >= 0.3 is 5.69 Å². The Morgan fingerprint density at radius 3 is 2.46 bits per heavy atom. The zero-order valence-electron chi connectivity index (χ0n) is 21.0. The van der Waals surface area contributed by atoms with Crippen molar-refractivity contribution in [1.29, 1.82) is 0 Å². The van der Waals surface area contributed by atoms with Gasteiger partial charge in [0.25, 0.3) is 11.5 Å². The molecule has 4 heterocycles. The van der Waals surface area contributed by atoms with E-state index in [-0.39, 0.29) is 30.1 Å². The summed E-state index contributed by atoms with van der Waals surface area (Å²) in [7, 11) is 1.41. The van der Waals surface area contributed by atoms with E-state index >= 15 is 0 Å². The zero-order valence-corrected chi connectivity index (χ0v) is 21.8. The molecule has 3 aromatic heterocycles. The first-order valence-electron chi connectivity index (χ1n) is 11.9. The van der Waals surface area contributed by atoms with E-state index in [1.807, 2.05) is 38.1 Å². The Labute approximate surface area is 216 Å². The Morgan fingerprint density at radius 1 is 1.19 bits per heavy atom. The number of hydrogen-bond donors (Lipinski definition) is 1. The third kappa shape index (κ3) is 4.50. The van der Waals surface area contributed by atoms with Crippen molar-refractivity contribution in [2.24, 2.45) is 7.05 Å². The highest BCUT2D eigenvalue weighted by Crippen LogP contribution is 2.34. The average molecular weight is 522 g/mol. The molecule has 1 aromatic carbocycles. The summed E-state index contributed by atoms with van der Waals surface area (Å²) in [6, 6.07) is 9.18. The lowest BCUT2D eigenvalue weighted by molar-refractivity contribution is -0.0796. The summed E-state index contributed by atoms with van der Waals surface area (Å²) in [5, 5.41) is 11.7. The minimum atomic E-state index is -1.19. The lowest BCUT2D eigenvalue weighted by atomic mass is 10.0. The summed E-state index contributed by atoms with van der Waals surface area (Å²) in [6.07, 6.45) is 3.71. The number of hydroxylamine groups is 2. The fraction of sp³-hybridized carbons (Fsp3) is 0.346. The third-order valence-corrected chi connectivity index (χ3v) is 7.50. The molecule has 11 heteroatoms. The second kappa shape index (κ2) is 9.33. The number of β-amino-alcohol motifs (C(OH)–C–C–N with tert-alkyl or cyclic N) is 1. The third-order valence-electron chi connectivity index (χ3n) is 6.31. The van der Waals surface area contributed by atoms with E-state index in [4.69, 9.17) is 4.84 Å². The molecule has 0 bridgehead atoms. The molecule has 192 valence electrons. The van der Waals surface area contributed by atoms with Gasteiger partial charge in [0, 0.05) is 42.3 Å². The molecule has 37 heavy (non-hydrogen) atoms. The van der Waals surface area contributed by atoms with Crippen LogP contribution in [0.4, 0.5) is 0 Å². The second-order valence-electron chi connectivity index (χ2n) is 9.75. The van der Waals surface area contributed by atoms with E-state index in [9.17, 15) is 19.5 Å². The maximum Gasteiger partial charge on any atom is 0.332 e. The quantitative estimate of drug-likeness (QED) is 0.429. The van der Waals surface area contributed by atoms with Crippen LogP contribution in [-0.2, 0) is 18.3 Å². The predicted octanol–water partition coefficient (Wildman–Crippen LogP) is 2.53. The molecular weight excluding hydrogens is 494 g/mol. The monoisotopic (exact) mass is 521 g/mol. The SMILES string of the molecule is CC(C)n1c(=O)n(C)c(=O)c2c(C(=O)N3C[C@](C)(O)CO3)c(Cc3ccc(-c4ncccn4)cc3)sc21. The number of fused-ring (bicyclic) bond motifs is 1. The minimum Gasteiger partial charge on any atom is -0.386 e. The zero-order chi connectivity index (χ0) is 26.5. The van der Waals surface area contributed by atoms with Crippen molar-refractivity contribution in [3.63, 3.8) is 0 Å². The van der Waals surface area contributed by atoms with Gasteiger partial charge in [-0.25, -0.2) is 19.8 Å². The highest BCUT2D eigenvalue weighted by molar-refractivity contribution is 7.19. The smallest absolute Gasteiger partial charge is 0.332 e. The number of nitrogens with zero attached hydrogens (tertiary/aromatic N) is 5. The van der Waals surface area contributed by atoms with Crippen molar-refractivity contribution in [2.75, 3.05) is 13.2 Å². The Balaban J connectivity index is 1.65. The molecule has 0 radical (unpaired) electrons. The van der Waals surface area contributed by atoms with E-state index in [2.05, 4.69) is 9.97 Å². The van der Waals surface area contributed by atoms with Gasteiger partial charge in [-0.1, -0.05) is 24.3 Å². The summed E-state index contributed by atoms with van der Waals surface area (Å²) in [5.41, 5.74) is -0.209. The lowest BCUT2D eigenvalue weighted by Crippen LogP contribution is -2.39. The van der Waals surface area contributed by atoms with Crippen LogP contribution < -0.4 is 11.2 Å². The first kappa shape index (κ1) is 25.0. The molecule has 1 aliphatic heterocycles. The highest BCUT2D eigenvalue weighted by atomic mass is 32.1. The maximum absolute atomic E-state index is 13.7. The van der Waals surface area contributed by atoms with Crippen LogP contribution >= 0.6 is 11.3 Å². The Bertz CT molecular complexity index is 1600. The molecule has 0 unspecified atom stereocenters. The number of benzene rings is 1. The summed E-state index contributed by atoms with van der Waals surface area (Å²) in [4.78, 5) is 55.2. The Morgan fingerprint density at radius 2 is 1.86 bits per heavy atom. The molecule has 1 fully saturated rings. The van der Waals surface area contributed by atoms with Crippen LogP contribution in [0.15, 0.2) is 52.3 Å². The van der Waals surface area contributed by atoms with Gasteiger partial charge in [0.05, 0.1) is 17.5 Å². The second-order valence-corrected chi connectivity index (χ2v) is 10.8. The molecular formula is C26H27N5O5S. The molecule has 1 atom stereocenters. The van der Waals surface area contributed by atoms with Crippen LogP contribution in [0, 0.1) is 0 Å². The van der Waals surface area contributed by atoms with Gasteiger partial charge in [-0.3, -0.25) is 23.6 Å². The standard InChI is InChI=1S/C26H27N5O5S/c1-15(2)31-24-20(22(32)29(4)25(31)34)19(23(33)30-13-26(3,35)14-36-30)18(37-24)12-16-6-8-17(9-7-16)21-27-10-5-11-28-21/h5-11,15,35H,12-14H2,1-4H3/t26-/m0/s1. The van der Waals surface area contributed by atoms with E-state index in [1.165, 1.54) is 18.4 Å². The predicted molar refractivity (Wildman–Crippen MR) is 140 cm³/mol.